The largest absolute Gasteiger partial charge is 0.493 e. The van der Waals surface area contributed by atoms with Crippen molar-refractivity contribution >= 4 is 0 Å². The minimum atomic E-state index is -1.45. The van der Waals surface area contributed by atoms with E-state index in [2.05, 4.69) is 0 Å². The molecule has 1 aromatic carbocycles. The highest BCUT2D eigenvalue weighted by molar-refractivity contribution is 5.42. The van der Waals surface area contributed by atoms with E-state index in [4.69, 9.17) is 24.1 Å². The Morgan fingerprint density at radius 2 is 1.74 bits per heavy atom. The van der Waals surface area contributed by atoms with E-state index in [9.17, 15) is 15.3 Å². The van der Waals surface area contributed by atoms with Crippen LogP contribution in [0.4, 0.5) is 0 Å². The predicted octanol–water partition coefficient (Wildman–Crippen LogP) is -0.980. The Morgan fingerprint density at radius 1 is 1.04 bits per heavy atom. The van der Waals surface area contributed by atoms with Gasteiger partial charge in [-0.05, 0) is 17.7 Å². The number of hydrogen-bond acceptors (Lipinski definition) is 8. The van der Waals surface area contributed by atoms with Crippen LogP contribution in [0.1, 0.15) is 5.56 Å². The Hall–Kier alpha value is -1.42. The van der Waals surface area contributed by atoms with Crippen molar-refractivity contribution in [3.8, 4) is 11.5 Å². The summed E-state index contributed by atoms with van der Waals surface area (Å²) in [5, 5.41) is 38.7. The van der Waals surface area contributed by atoms with Gasteiger partial charge in [0.1, 0.15) is 24.4 Å². The maximum atomic E-state index is 10.00. The van der Waals surface area contributed by atoms with Gasteiger partial charge in [0.15, 0.2) is 17.8 Å². The molecule has 1 aliphatic rings. The molecule has 23 heavy (non-hydrogen) atoms. The van der Waals surface area contributed by atoms with Crippen molar-refractivity contribution in [3.63, 3.8) is 0 Å². The zero-order chi connectivity index (χ0) is 17.0. The second-order valence-corrected chi connectivity index (χ2v) is 5.19. The molecule has 0 aliphatic carbocycles. The standard InChI is InChI=1S/C15H22O8/c1-20-9-4-3-8(5-10(9)21-2)7-22-14-13(18)12(17)11(6-16)23-15(14)19/h3-5,11-19H,6-7H2,1-2H3/t11-,12-,13+,14-,15-/m1/s1. The summed E-state index contributed by atoms with van der Waals surface area (Å²) in [6, 6.07) is 5.16. The van der Waals surface area contributed by atoms with Gasteiger partial charge in [-0.15, -0.1) is 0 Å². The van der Waals surface area contributed by atoms with Gasteiger partial charge in [-0.2, -0.15) is 0 Å². The fourth-order valence-electron chi connectivity index (χ4n) is 2.41. The van der Waals surface area contributed by atoms with Crippen molar-refractivity contribution in [1.82, 2.24) is 0 Å². The zero-order valence-electron chi connectivity index (χ0n) is 13.0. The summed E-state index contributed by atoms with van der Waals surface area (Å²) in [4.78, 5) is 0. The molecule has 1 fully saturated rings. The van der Waals surface area contributed by atoms with Crippen LogP contribution >= 0.6 is 0 Å². The van der Waals surface area contributed by atoms with Gasteiger partial charge in [-0.1, -0.05) is 6.07 Å². The van der Waals surface area contributed by atoms with Gasteiger partial charge in [0.05, 0.1) is 27.4 Å². The molecule has 1 saturated heterocycles. The van der Waals surface area contributed by atoms with E-state index in [0.29, 0.717) is 11.5 Å². The van der Waals surface area contributed by atoms with Gasteiger partial charge in [-0.3, -0.25) is 0 Å². The smallest absolute Gasteiger partial charge is 0.184 e. The molecule has 0 spiro atoms. The molecule has 130 valence electrons. The van der Waals surface area contributed by atoms with Gasteiger partial charge in [0, 0.05) is 0 Å². The Bertz CT molecular complexity index is 508. The summed E-state index contributed by atoms with van der Waals surface area (Å²) in [6.45, 7) is -0.462. The van der Waals surface area contributed by atoms with E-state index in [1.54, 1.807) is 18.2 Å². The third-order valence-electron chi connectivity index (χ3n) is 3.73. The average Bonchev–Trinajstić information content (AvgIpc) is 2.57. The quantitative estimate of drug-likeness (QED) is 0.526. The van der Waals surface area contributed by atoms with E-state index in [0.717, 1.165) is 5.56 Å². The molecule has 8 heteroatoms. The van der Waals surface area contributed by atoms with Crippen molar-refractivity contribution < 1.29 is 39.4 Å². The molecule has 0 amide bonds. The van der Waals surface area contributed by atoms with E-state index in [1.807, 2.05) is 0 Å². The number of aliphatic hydroxyl groups excluding tert-OH is 4. The van der Waals surface area contributed by atoms with Crippen molar-refractivity contribution in [2.45, 2.75) is 37.3 Å². The molecule has 0 unspecified atom stereocenters. The summed E-state index contributed by atoms with van der Waals surface area (Å²) in [5.74, 6) is 1.09. The van der Waals surface area contributed by atoms with Crippen molar-refractivity contribution in [3.05, 3.63) is 23.8 Å². The zero-order valence-corrected chi connectivity index (χ0v) is 13.0. The molecule has 1 aliphatic heterocycles. The van der Waals surface area contributed by atoms with Crippen LogP contribution in [-0.2, 0) is 16.1 Å². The fraction of sp³-hybridized carbons (Fsp3) is 0.600. The van der Waals surface area contributed by atoms with Gasteiger partial charge in [0.25, 0.3) is 0 Å². The van der Waals surface area contributed by atoms with Crippen LogP contribution < -0.4 is 9.47 Å². The van der Waals surface area contributed by atoms with Crippen LogP contribution in [0.3, 0.4) is 0 Å². The Balaban J connectivity index is 2.02. The summed E-state index contributed by atoms with van der Waals surface area (Å²) >= 11 is 0. The molecule has 1 aromatic rings. The first-order valence-corrected chi connectivity index (χ1v) is 7.14. The van der Waals surface area contributed by atoms with Crippen molar-refractivity contribution in [1.29, 1.82) is 0 Å². The molecule has 5 atom stereocenters. The Kier molecular flexibility index (Phi) is 6.17. The Labute approximate surface area is 133 Å². The summed E-state index contributed by atoms with van der Waals surface area (Å²) in [7, 11) is 3.04. The third-order valence-corrected chi connectivity index (χ3v) is 3.73. The van der Waals surface area contributed by atoms with Gasteiger partial charge in [-0.25, -0.2) is 0 Å². The number of benzene rings is 1. The summed E-state index contributed by atoms with van der Waals surface area (Å²) < 4.78 is 20.8. The van der Waals surface area contributed by atoms with Crippen molar-refractivity contribution in [2.75, 3.05) is 20.8 Å². The first kappa shape index (κ1) is 17.9. The maximum absolute atomic E-state index is 10.00. The van der Waals surface area contributed by atoms with Crippen LogP contribution in [-0.4, -0.2) is 72.0 Å². The Morgan fingerprint density at radius 3 is 2.35 bits per heavy atom. The van der Waals surface area contributed by atoms with Crippen LogP contribution in [0.2, 0.25) is 0 Å². The van der Waals surface area contributed by atoms with E-state index in [1.165, 1.54) is 14.2 Å². The SMILES string of the molecule is COc1ccc(CO[C@@H]2[C@@H](O)[C@H](O)[C@@H](CO)O[C@H]2O)cc1OC. The molecule has 8 nitrogen and oxygen atoms in total. The number of rotatable bonds is 6. The van der Waals surface area contributed by atoms with Crippen LogP contribution in [0.25, 0.3) is 0 Å². The van der Waals surface area contributed by atoms with E-state index in [-0.39, 0.29) is 6.61 Å². The normalized spacial score (nSPS) is 31.0. The minimum Gasteiger partial charge on any atom is -0.493 e. The lowest BCUT2D eigenvalue weighted by Gasteiger charge is -2.39. The van der Waals surface area contributed by atoms with Gasteiger partial charge in [0.2, 0.25) is 0 Å². The molecule has 0 radical (unpaired) electrons. The van der Waals surface area contributed by atoms with E-state index >= 15 is 0 Å². The van der Waals surface area contributed by atoms with Crippen LogP contribution in [0, 0.1) is 0 Å². The number of methoxy groups -OCH3 is 2. The highest BCUT2D eigenvalue weighted by atomic mass is 16.7. The first-order valence-electron chi connectivity index (χ1n) is 7.14. The summed E-state index contributed by atoms with van der Waals surface area (Å²) in [5.41, 5.74) is 0.723. The van der Waals surface area contributed by atoms with Gasteiger partial charge >= 0.3 is 0 Å². The molecular formula is C15H22O8. The molecule has 1 heterocycles. The second-order valence-electron chi connectivity index (χ2n) is 5.19. The highest BCUT2D eigenvalue weighted by Crippen LogP contribution is 2.29. The van der Waals surface area contributed by atoms with Crippen LogP contribution in [0.5, 0.6) is 11.5 Å². The minimum absolute atomic E-state index is 0.0546. The average molecular weight is 330 g/mol. The van der Waals surface area contributed by atoms with Gasteiger partial charge < -0.3 is 39.4 Å². The predicted molar refractivity (Wildman–Crippen MR) is 78.1 cm³/mol. The monoisotopic (exact) mass is 330 g/mol. The highest BCUT2D eigenvalue weighted by Gasteiger charge is 2.44. The molecule has 0 saturated carbocycles. The third kappa shape index (κ3) is 3.92. The number of ether oxygens (including phenoxy) is 4. The van der Waals surface area contributed by atoms with Crippen molar-refractivity contribution in [2.24, 2.45) is 0 Å². The molecule has 0 aromatic heterocycles. The van der Waals surface area contributed by atoms with Crippen LogP contribution in [0.15, 0.2) is 18.2 Å². The molecule has 4 N–H and O–H groups in total. The summed E-state index contributed by atoms with van der Waals surface area (Å²) in [6.07, 6.45) is -6.37. The molecular weight excluding hydrogens is 308 g/mol. The topological polar surface area (TPSA) is 118 Å². The molecule has 0 bridgehead atoms. The lowest BCUT2D eigenvalue weighted by molar-refractivity contribution is -0.298. The van der Waals surface area contributed by atoms with E-state index < -0.39 is 37.3 Å². The number of aliphatic hydroxyl groups is 4. The maximum Gasteiger partial charge on any atom is 0.184 e. The first-order chi connectivity index (χ1) is 11.0. The second kappa shape index (κ2) is 7.91. The number of hydrogen-bond donors (Lipinski definition) is 4. The lowest BCUT2D eigenvalue weighted by atomic mass is 9.99. The fourth-order valence-corrected chi connectivity index (χ4v) is 2.41. The molecule has 2 rings (SSSR count). The lowest BCUT2D eigenvalue weighted by Crippen LogP contribution is -2.59.